The predicted octanol–water partition coefficient (Wildman–Crippen LogP) is 2.52. The van der Waals surface area contributed by atoms with Gasteiger partial charge in [-0.15, -0.1) is 0 Å². The van der Waals surface area contributed by atoms with Crippen molar-refractivity contribution in [1.29, 1.82) is 0 Å². The van der Waals surface area contributed by atoms with Gasteiger partial charge in [0.15, 0.2) is 0 Å². The molecule has 0 aliphatic rings. The highest BCUT2D eigenvalue weighted by molar-refractivity contribution is 4.94. The molecule has 0 spiro atoms. The van der Waals surface area contributed by atoms with Crippen LogP contribution in [0.1, 0.15) is 39.5 Å². The van der Waals surface area contributed by atoms with Crippen molar-refractivity contribution in [3.8, 4) is 0 Å². The van der Waals surface area contributed by atoms with Gasteiger partial charge in [0.2, 0.25) is 0 Å². The maximum Gasteiger partial charge on any atom is 0.0578 e. The van der Waals surface area contributed by atoms with Crippen molar-refractivity contribution in [3.05, 3.63) is 12.2 Å². The van der Waals surface area contributed by atoms with E-state index in [1.807, 2.05) is 6.92 Å². The molecule has 13 heavy (non-hydrogen) atoms. The van der Waals surface area contributed by atoms with E-state index in [1.54, 1.807) is 0 Å². The topological polar surface area (TPSA) is 29.5 Å². The fourth-order valence-electron chi connectivity index (χ4n) is 1.14. The third kappa shape index (κ3) is 8.00. The van der Waals surface area contributed by atoms with Crippen molar-refractivity contribution in [2.75, 3.05) is 13.2 Å². The number of aliphatic hydroxyl groups excluding tert-OH is 1. The minimum absolute atomic E-state index is 0.229. The number of ether oxygens (including phenoxy) is 1. The Hall–Kier alpha value is -0.340. The third-order valence-corrected chi connectivity index (χ3v) is 2.05. The largest absolute Gasteiger partial charge is 0.393 e. The molecule has 0 bridgehead atoms. The summed E-state index contributed by atoms with van der Waals surface area (Å²) in [6.45, 7) is 9.43. The molecule has 1 unspecified atom stereocenters. The zero-order chi connectivity index (χ0) is 10.1. The van der Waals surface area contributed by atoms with E-state index in [2.05, 4.69) is 13.5 Å². The van der Waals surface area contributed by atoms with Crippen molar-refractivity contribution in [2.24, 2.45) is 0 Å². The van der Waals surface area contributed by atoms with Gasteiger partial charge >= 0.3 is 0 Å². The zero-order valence-corrected chi connectivity index (χ0v) is 8.88. The minimum atomic E-state index is -0.229. The zero-order valence-electron chi connectivity index (χ0n) is 8.88. The van der Waals surface area contributed by atoms with Crippen LogP contribution >= 0.6 is 0 Å². The number of hydrogen-bond donors (Lipinski definition) is 1. The molecule has 0 aromatic rings. The summed E-state index contributed by atoms with van der Waals surface area (Å²) in [7, 11) is 0. The average Bonchev–Trinajstić information content (AvgIpc) is 2.12. The predicted molar refractivity (Wildman–Crippen MR) is 55.8 cm³/mol. The molecule has 2 heteroatoms. The molecule has 0 amide bonds. The first-order valence-corrected chi connectivity index (χ1v) is 5.13. The minimum Gasteiger partial charge on any atom is -0.393 e. The molecule has 78 valence electrons. The van der Waals surface area contributed by atoms with Gasteiger partial charge in [0.25, 0.3) is 0 Å². The summed E-state index contributed by atoms with van der Waals surface area (Å²) in [6, 6.07) is 0. The third-order valence-electron chi connectivity index (χ3n) is 2.05. The number of rotatable bonds is 8. The SMILES string of the molecule is C=C(CC)CC(O)CCCOCC. The van der Waals surface area contributed by atoms with Crippen LogP contribution in [0.4, 0.5) is 0 Å². The van der Waals surface area contributed by atoms with E-state index in [9.17, 15) is 5.11 Å². The van der Waals surface area contributed by atoms with Crippen LogP contribution in [0.25, 0.3) is 0 Å². The van der Waals surface area contributed by atoms with Crippen molar-refractivity contribution < 1.29 is 9.84 Å². The molecule has 1 atom stereocenters. The van der Waals surface area contributed by atoms with E-state index in [0.717, 1.165) is 44.5 Å². The molecule has 1 N–H and O–H groups in total. The lowest BCUT2D eigenvalue weighted by molar-refractivity contribution is 0.114. The Morgan fingerprint density at radius 2 is 2.15 bits per heavy atom. The summed E-state index contributed by atoms with van der Waals surface area (Å²) in [5.41, 5.74) is 1.13. The highest BCUT2D eigenvalue weighted by Gasteiger charge is 2.04. The molecule has 0 aromatic carbocycles. The molecule has 0 heterocycles. The van der Waals surface area contributed by atoms with Crippen LogP contribution in [-0.4, -0.2) is 24.4 Å². The van der Waals surface area contributed by atoms with Crippen LogP contribution in [0.5, 0.6) is 0 Å². The first-order chi connectivity index (χ1) is 6.20. The van der Waals surface area contributed by atoms with Gasteiger partial charge in [-0.3, -0.25) is 0 Å². The van der Waals surface area contributed by atoms with Crippen molar-refractivity contribution >= 4 is 0 Å². The second kappa shape index (κ2) is 8.27. The summed E-state index contributed by atoms with van der Waals surface area (Å²) < 4.78 is 5.18. The van der Waals surface area contributed by atoms with E-state index in [1.165, 1.54) is 0 Å². The van der Waals surface area contributed by atoms with Gasteiger partial charge in [-0.05, 0) is 32.6 Å². The molecule has 0 saturated carbocycles. The average molecular weight is 186 g/mol. The Morgan fingerprint density at radius 1 is 1.46 bits per heavy atom. The van der Waals surface area contributed by atoms with E-state index < -0.39 is 0 Å². The molecule has 2 nitrogen and oxygen atoms in total. The van der Waals surface area contributed by atoms with Crippen molar-refractivity contribution in [3.63, 3.8) is 0 Å². The Morgan fingerprint density at radius 3 is 2.69 bits per heavy atom. The molecule has 0 aliphatic carbocycles. The Bertz CT molecular complexity index is 132. The highest BCUT2D eigenvalue weighted by Crippen LogP contribution is 2.10. The lowest BCUT2D eigenvalue weighted by Crippen LogP contribution is -2.08. The van der Waals surface area contributed by atoms with E-state index >= 15 is 0 Å². The van der Waals surface area contributed by atoms with Crippen LogP contribution < -0.4 is 0 Å². The fourth-order valence-corrected chi connectivity index (χ4v) is 1.14. The second-order valence-corrected chi connectivity index (χ2v) is 3.30. The van der Waals surface area contributed by atoms with Gasteiger partial charge in [-0.25, -0.2) is 0 Å². The molecule has 0 radical (unpaired) electrons. The Labute approximate surface area is 81.6 Å². The van der Waals surface area contributed by atoms with Crippen LogP contribution in [0, 0.1) is 0 Å². The van der Waals surface area contributed by atoms with Gasteiger partial charge in [-0.2, -0.15) is 0 Å². The van der Waals surface area contributed by atoms with Crippen LogP contribution in [0.15, 0.2) is 12.2 Å². The quantitative estimate of drug-likeness (QED) is 0.466. The van der Waals surface area contributed by atoms with Gasteiger partial charge in [-0.1, -0.05) is 19.1 Å². The molecule has 0 saturated heterocycles. The monoisotopic (exact) mass is 186 g/mol. The first-order valence-electron chi connectivity index (χ1n) is 5.13. The molecular formula is C11H22O2. The van der Waals surface area contributed by atoms with E-state index in [0.29, 0.717) is 0 Å². The first kappa shape index (κ1) is 12.7. The van der Waals surface area contributed by atoms with Crippen LogP contribution in [0.3, 0.4) is 0 Å². The van der Waals surface area contributed by atoms with Gasteiger partial charge in [0.1, 0.15) is 0 Å². The molecule has 0 fully saturated rings. The highest BCUT2D eigenvalue weighted by atomic mass is 16.5. The van der Waals surface area contributed by atoms with Gasteiger partial charge in [0.05, 0.1) is 6.10 Å². The Kier molecular flexibility index (Phi) is 8.05. The maximum absolute atomic E-state index is 9.53. The lowest BCUT2D eigenvalue weighted by atomic mass is 10.0. The van der Waals surface area contributed by atoms with Crippen molar-refractivity contribution in [1.82, 2.24) is 0 Å². The summed E-state index contributed by atoms with van der Waals surface area (Å²) in [5.74, 6) is 0. The maximum atomic E-state index is 9.53. The van der Waals surface area contributed by atoms with Crippen LogP contribution in [0.2, 0.25) is 0 Å². The lowest BCUT2D eigenvalue weighted by Gasteiger charge is -2.10. The summed E-state index contributed by atoms with van der Waals surface area (Å²) in [5, 5.41) is 9.53. The van der Waals surface area contributed by atoms with Crippen molar-refractivity contribution in [2.45, 2.75) is 45.6 Å². The normalized spacial score (nSPS) is 12.8. The smallest absolute Gasteiger partial charge is 0.0578 e. The number of aliphatic hydroxyl groups is 1. The standard InChI is InChI=1S/C11H22O2/c1-4-10(3)9-11(12)7-6-8-13-5-2/h11-12H,3-9H2,1-2H3. The van der Waals surface area contributed by atoms with Gasteiger partial charge < -0.3 is 9.84 Å². The summed E-state index contributed by atoms with van der Waals surface area (Å²) in [4.78, 5) is 0. The molecule has 0 rings (SSSR count). The number of hydrogen-bond acceptors (Lipinski definition) is 2. The molecule has 0 aromatic heterocycles. The summed E-state index contributed by atoms with van der Waals surface area (Å²) in [6.07, 6.45) is 3.23. The molecule has 0 aliphatic heterocycles. The summed E-state index contributed by atoms with van der Waals surface area (Å²) >= 11 is 0. The molecular weight excluding hydrogens is 164 g/mol. The fraction of sp³-hybridized carbons (Fsp3) is 0.818. The van der Waals surface area contributed by atoms with E-state index in [-0.39, 0.29) is 6.10 Å². The van der Waals surface area contributed by atoms with Gasteiger partial charge in [0, 0.05) is 13.2 Å². The van der Waals surface area contributed by atoms with Crippen LogP contribution in [-0.2, 0) is 4.74 Å². The Balaban J connectivity index is 3.29. The van der Waals surface area contributed by atoms with E-state index in [4.69, 9.17) is 4.74 Å². The second-order valence-electron chi connectivity index (χ2n) is 3.30.